The molecule has 0 atom stereocenters. The number of pyridine rings is 1. The molecule has 3 aromatic rings. The molecular formula is C20H24N8O. The highest BCUT2D eigenvalue weighted by molar-refractivity contribution is 5.74. The van der Waals surface area contributed by atoms with Crippen molar-refractivity contribution in [3.05, 3.63) is 30.9 Å². The number of hydrogen-bond acceptors (Lipinski definition) is 8. The third-order valence-electron chi connectivity index (χ3n) is 5.62. The highest BCUT2D eigenvalue weighted by Crippen LogP contribution is 2.36. The second-order valence-electron chi connectivity index (χ2n) is 7.42. The predicted molar refractivity (Wildman–Crippen MR) is 112 cm³/mol. The van der Waals surface area contributed by atoms with Gasteiger partial charge in [-0.15, -0.1) is 0 Å². The van der Waals surface area contributed by atoms with Gasteiger partial charge >= 0.3 is 0 Å². The lowest BCUT2D eigenvalue weighted by atomic mass is 9.94. The van der Waals surface area contributed by atoms with Crippen LogP contribution in [0.3, 0.4) is 0 Å². The van der Waals surface area contributed by atoms with E-state index in [1.54, 1.807) is 19.5 Å². The van der Waals surface area contributed by atoms with Crippen LogP contribution in [0, 0.1) is 0 Å². The van der Waals surface area contributed by atoms with Gasteiger partial charge in [-0.3, -0.25) is 5.10 Å². The maximum atomic E-state index is 5.42. The van der Waals surface area contributed by atoms with E-state index in [0.29, 0.717) is 23.6 Å². The summed E-state index contributed by atoms with van der Waals surface area (Å²) in [5.74, 6) is 1.98. The molecule has 29 heavy (non-hydrogen) atoms. The smallest absolute Gasteiger partial charge is 0.237 e. The molecule has 1 aliphatic carbocycles. The maximum Gasteiger partial charge on any atom is 0.237 e. The zero-order chi connectivity index (χ0) is 19.6. The van der Waals surface area contributed by atoms with E-state index in [2.05, 4.69) is 35.7 Å². The number of fused-ring (bicyclic) bond motifs is 1. The van der Waals surface area contributed by atoms with Crippen LogP contribution < -0.4 is 20.3 Å². The molecule has 1 saturated carbocycles. The number of anilines is 4. The molecule has 9 heteroatoms. The van der Waals surface area contributed by atoms with Crippen molar-refractivity contribution in [2.45, 2.75) is 38.1 Å². The molecule has 3 aromatic heterocycles. The Morgan fingerprint density at radius 1 is 1.10 bits per heavy atom. The lowest BCUT2D eigenvalue weighted by Gasteiger charge is -2.31. The molecule has 3 N–H and O–H groups in total. The van der Waals surface area contributed by atoms with Gasteiger partial charge in [0, 0.05) is 29.6 Å². The summed E-state index contributed by atoms with van der Waals surface area (Å²) in [6.45, 7) is 0.791. The minimum absolute atomic E-state index is 0.489. The number of aromatic nitrogens is 5. The molecule has 4 heterocycles. The lowest BCUT2D eigenvalue weighted by molar-refractivity contribution is 0.400. The molecule has 150 valence electrons. The molecule has 0 unspecified atom stereocenters. The van der Waals surface area contributed by atoms with Crippen molar-refractivity contribution in [2.75, 3.05) is 29.3 Å². The first-order valence-electron chi connectivity index (χ1n) is 9.99. The van der Waals surface area contributed by atoms with Crippen molar-refractivity contribution in [3.8, 4) is 17.0 Å². The summed E-state index contributed by atoms with van der Waals surface area (Å²) in [4.78, 5) is 16.1. The molecule has 0 spiro atoms. The molecule has 5 rings (SSSR count). The van der Waals surface area contributed by atoms with Crippen LogP contribution in [0.1, 0.15) is 32.1 Å². The Kier molecular flexibility index (Phi) is 4.63. The first-order valence-corrected chi connectivity index (χ1v) is 9.99. The van der Waals surface area contributed by atoms with E-state index < -0.39 is 0 Å². The lowest BCUT2D eigenvalue weighted by Crippen LogP contribution is -2.36. The van der Waals surface area contributed by atoms with Gasteiger partial charge in [-0.05, 0) is 18.9 Å². The van der Waals surface area contributed by atoms with Crippen LogP contribution in [0.15, 0.2) is 30.9 Å². The van der Waals surface area contributed by atoms with Crippen LogP contribution in [0.2, 0.25) is 0 Å². The van der Waals surface area contributed by atoms with Gasteiger partial charge in [0.15, 0.2) is 5.82 Å². The summed E-state index contributed by atoms with van der Waals surface area (Å²) in [6.07, 6.45) is 13.5. The van der Waals surface area contributed by atoms with Crippen LogP contribution in [0.5, 0.6) is 5.88 Å². The normalized spacial score (nSPS) is 16.4. The highest BCUT2D eigenvalue weighted by atomic mass is 16.5. The van der Waals surface area contributed by atoms with Gasteiger partial charge in [-0.25, -0.2) is 9.97 Å². The second kappa shape index (κ2) is 7.57. The van der Waals surface area contributed by atoms with Crippen molar-refractivity contribution < 1.29 is 4.74 Å². The van der Waals surface area contributed by atoms with Gasteiger partial charge < -0.3 is 20.3 Å². The second-order valence-corrected chi connectivity index (χ2v) is 7.42. The Labute approximate surface area is 168 Å². The van der Waals surface area contributed by atoms with Gasteiger partial charge in [0.05, 0.1) is 31.9 Å². The summed E-state index contributed by atoms with van der Waals surface area (Å²) in [7, 11) is 1.60. The molecule has 2 aliphatic rings. The number of aromatic amines is 1. The SMILES string of the molecule is COc1ncc(-c2cn[nH]c2)cc1Nc1ncc2c(n1)N(C1CCCCC1)CN2. The van der Waals surface area contributed by atoms with Gasteiger partial charge in [0.1, 0.15) is 5.69 Å². The maximum absolute atomic E-state index is 5.42. The molecule has 0 amide bonds. The van der Waals surface area contributed by atoms with Gasteiger partial charge in [0.25, 0.3) is 0 Å². The van der Waals surface area contributed by atoms with Gasteiger partial charge in [-0.2, -0.15) is 10.1 Å². The topological polar surface area (TPSA) is 104 Å². The van der Waals surface area contributed by atoms with Crippen molar-refractivity contribution in [1.29, 1.82) is 0 Å². The van der Waals surface area contributed by atoms with E-state index >= 15 is 0 Å². The van der Waals surface area contributed by atoms with Crippen molar-refractivity contribution >= 4 is 23.1 Å². The van der Waals surface area contributed by atoms with Crippen LogP contribution in [0.4, 0.5) is 23.1 Å². The highest BCUT2D eigenvalue weighted by Gasteiger charge is 2.29. The number of ether oxygens (including phenoxy) is 1. The van der Waals surface area contributed by atoms with Crippen molar-refractivity contribution in [2.24, 2.45) is 0 Å². The molecule has 9 nitrogen and oxygen atoms in total. The largest absolute Gasteiger partial charge is 0.480 e. The molecule has 0 aromatic carbocycles. The van der Waals surface area contributed by atoms with Crippen LogP contribution >= 0.6 is 0 Å². The third kappa shape index (κ3) is 3.43. The minimum atomic E-state index is 0.489. The van der Waals surface area contributed by atoms with E-state index in [0.717, 1.165) is 29.3 Å². The van der Waals surface area contributed by atoms with E-state index in [1.165, 1.54) is 32.1 Å². The Bertz CT molecular complexity index is 984. The number of hydrogen-bond donors (Lipinski definition) is 3. The zero-order valence-corrected chi connectivity index (χ0v) is 16.4. The molecule has 0 radical (unpaired) electrons. The van der Waals surface area contributed by atoms with Crippen LogP contribution in [-0.2, 0) is 0 Å². The monoisotopic (exact) mass is 392 g/mol. The molecule has 1 aliphatic heterocycles. The van der Waals surface area contributed by atoms with E-state index in [4.69, 9.17) is 9.72 Å². The fourth-order valence-corrected chi connectivity index (χ4v) is 4.11. The standard InChI is InChI=1S/C20H24N8O/c1-29-19-16(7-13(8-21-19)14-9-24-25-10-14)26-20-22-11-17-18(27-20)28(12-23-17)15-5-3-2-4-6-15/h7-11,15,23H,2-6,12H2,1H3,(H,24,25)(H,22,26,27). The predicted octanol–water partition coefficient (Wildman–Crippen LogP) is 3.54. The van der Waals surface area contributed by atoms with E-state index in [-0.39, 0.29) is 0 Å². The molecule has 0 saturated heterocycles. The van der Waals surface area contributed by atoms with Gasteiger partial charge in [-0.1, -0.05) is 19.3 Å². The number of nitrogens with zero attached hydrogens (tertiary/aromatic N) is 5. The summed E-state index contributed by atoms with van der Waals surface area (Å²) in [5.41, 5.74) is 3.57. The first kappa shape index (κ1) is 17.7. The van der Waals surface area contributed by atoms with Gasteiger partial charge in [0.2, 0.25) is 11.8 Å². The summed E-state index contributed by atoms with van der Waals surface area (Å²) in [5, 5.41) is 13.5. The summed E-state index contributed by atoms with van der Waals surface area (Å²) < 4.78 is 5.42. The zero-order valence-electron chi connectivity index (χ0n) is 16.4. The van der Waals surface area contributed by atoms with E-state index in [9.17, 15) is 0 Å². The van der Waals surface area contributed by atoms with Crippen LogP contribution in [-0.4, -0.2) is 45.0 Å². The molecule has 0 bridgehead atoms. The molecular weight excluding hydrogens is 368 g/mol. The Morgan fingerprint density at radius 3 is 2.79 bits per heavy atom. The van der Waals surface area contributed by atoms with Crippen molar-refractivity contribution in [3.63, 3.8) is 0 Å². The number of methoxy groups -OCH3 is 1. The first-order chi connectivity index (χ1) is 14.3. The van der Waals surface area contributed by atoms with Crippen molar-refractivity contribution in [1.82, 2.24) is 25.1 Å². The minimum Gasteiger partial charge on any atom is -0.480 e. The Hall–Kier alpha value is -3.36. The third-order valence-corrected chi connectivity index (χ3v) is 5.62. The number of rotatable bonds is 5. The summed E-state index contributed by atoms with van der Waals surface area (Å²) in [6, 6.07) is 2.51. The average Bonchev–Trinajstić information content (AvgIpc) is 3.44. The summed E-state index contributed by atoms with van der Waals surface area (Å²) >= 11 is 0. The average molecular weight is 392 g/mol. The fraction of sp³-hybridized carbons (Fsp3) is 0.400. The quantitative estimate of drug-likeness (QED) is 0.606. The van der Waals surface area contributed by atoms with Crippen LogP contribution in [0.25, 0.3) is 11.1 Å². The number of nitrogens with one attached hydrogen (secondary N) is 3. The fourth-order valence-electron chi connectivity index (χ4n) is 4.11. The van der Waals surface area contributed by atoms with E-state index in [1.807, 2.05) is 18.5 Å². The molecule has 1 fully saturated rings. The Morgan fingerprint density at radius 2 is 2.00 bits per heavy atom. The number of H-pyrrole nitrogens is 1. The Balaban J connectivity index is 1.43.